The molecule has 1 aromatic carbocycles. The number of aliphatic carboxylic acids is 1. The van der Waals surface area contributed by atoms with Gasteiger partial charge in [0.05, 0.1) is 5.92 Å². The third kappa shape index (κ3) is 3.25. The lowest BCUT2D eigenvalue weighted by Crippen LogP contribution is -2.72. The number of fused-ring (bicyclic) bond motifs is 2. The monoisotopic (exact) mass is 425 g/mol. The Labute approximate surface area is 182 Å². The number of benzene rings is 1. The van der Waals surface area contributed by atoms with Gasteiger partial charge < -0.3 is 10.4 Å². The Hall–Kier alpha value is -2.09. The highest BCUT2D eigenvalue weighted by molar-refractivity contribution is 6.27. The molecule has 2 bridgehead atoms. The van der Waals surface area contributed by atoms with Gasteiger partial charge in [-0.05, 0) is 63.5 Å². The Morgan fingerprint density at radius 1 is 0.871 bits per heavy atom. The molecule has 3 saturated heterocycles. The second kappa shape index (κ2) is 8.11. The third-order valence-corrected chi connectivity index (χ3v) is 8.08. The second-order valence-electron chi connectivity index (χ2n) is 9.54. The number of hydrogen-bond acceptors (Lipinski definition) is 6. The maximum atomic E-state index is 13.8. The normalized spacial score (nSPS) is 28.2. The van der Waals surface area contributed by atoms with Crippen LogP contribution in [0.5, 0.6) is 0 Å². The summed E-state index contributed by atoms with van der Waals surface area (Å²) in [5.41, 5.74) is -0.807. The van der Waals surface area contributed by atoms with Crippen LogP contribution >= 0.6 is 0 Å². The van der Waals surface area contributed by atoms with Crippen LogP contribution in [0.25, 0.3) is 0 Å². The zero-order chi connectivity index (χ0) is 21.6. The van der Waals surface area contributed by atoms with E-state index < -0.39 is 17.4 Å². The van der Waals surface area contributed by atoms with Crippen molar-refractivity contribution in [2.24, 2.45) is 17.8 Å². The first kappa shape index (κ1) is 20.8. The summed E-state index contributed by atoms with van der Waals surface area (Å²) in [4.78, 5) is 39.9. The molecule has 3 fully saturated rings. The first-order valence-electron chi connectivity index (χ1n) is 11.7. The Bertz CT molecular complexity index is 834. The molecule has 166 valence electrons. The average Bonchev–Trinajstić information content (AvgIpc) is 2.97. The number of ketones is 2. The number of Topliss-reactive ketones (excluding diaryl/α,β-unsaturated/α-hetero) is 2. The van der Waals surface area contributed by atoms with Gasteiger partial charge in [0.2, 0.25) is 0 Å². The van der Waals surface area contributed by atoms with Gasteiger partial charge in [0, 0.05) is 30.8 Å². The van der Waals surface area contributed by atoms with Crippen molar-refractivity contribution in [2.75, 3.05) is 32.7 Å². The summed E-state index contributed by atoms with van der Waals surface area (Å²) < 4.78 is 0. The molecule has 0 amide bonds. The van der Waals surface area contributed by atoms with E-state index in [1.807, 2.05) is 5.01 Å². The van der Waals surface area contributed by atoms with E-state index >= 15 is 0 Å². The largest absolute Gasteiger partial charge is 0.481 e. The van der Waals surface area contributed by atoms with E-state index in [9.17, 15) is 19.5 Å². The second-order valence-corrected chi connectivity index (χ2v) is 9.54. The molecule has 7 heteroatoms. The molecule has 0 aromatic heterocycles. The van der Waals surface area contributed by atoms with Gasteiger partial charge in [0.15, 0.2) is 17.1 Å². The Balaban J connectivity index is 1.46. The fourth-order valence-corrected chi connectivity index (χ4v) is 6.46. The highest BCUT2D eigenvalue weighted by Crippen LogP contribution is 2.43. The molecule has 3 heterocycles. The lowest BCUT2D eigenvalue weighted by atomic mass is 9.70. The van der Waals surface area contributed by atoms with Crippen molar-refractivity contribution >= 4 is 17.5 Å². The summed E-state index contributed by atoms with van der Waals surface area (Å²) in [7, 11) is 0. The topological polar surface area (TPSA) is 89.9 Å². The number of hydrazine groups is 1. The number of hydrogen-bond donors (Lipinski definition) is 2. The van der Waals surface area contributed by atoms with Gasteiger partial charge >= 0.3 is 5.97 Å². The molecule has 0 radical (unpaired) electrons. The van der Waals surface area contributed by atoms with Crippen LogP contribution in [-0.4, -0.2) is 70.9 Å². The fourth-order valence-electron chi connectivity index (χ4n) is 6.46. The zero-order valence-corrected chi connectivity index (χ0v) is 17.9. The van der Waals surface area contributed by atoms with Gasteiger partial charge in [-0.2, -0.15) is 0 Å². The molecule has 2 N–H and O–H groups in total. The zero-order valence-electron chi connectivity index (χ0n) is 17.9. The van der Waals surface area contributed by atoms with E-state index in [4.69, 9.17) is 0 Å². The molecule has 1 aromatic rings. The van der Waals surface area contributed by atoms with E-state index in [0.717, 1.165) is 44.9 Å². The first-order valence-corrected chi connectivity index (χ1v) is 11.7. The highest BCUT2D eigenvalue weighted by Gasteiger charge is 2.62. The van der Waals surface area contributed by atoms with E-state index in [1.54, 1.807) is 24.3 Å². The molecule has 1 spiro atoms. The molecular weight excluding hydrogens is 394 g/mol. The van der Waals surface area contributed by atoms with Crippen LogP contribution in [0, 0.1) is 17.8 Å². The van der Waals surface area contributed by atoms with Crippen molar-refractivity contribution in [1.82, 2.24) is 15.3 Å². The predicted octanol–water partition coefficient (Wildman–Crippen LogP) is 2.23. The van der Waals surface area contributed by atoms with Crippen molar-refractivity contribution in [3.8, 4) is 0 Å². The summed E-state index contributed by atoms with van der Waals surface area (Å²) in [5, 5.41) is 17.5. The standard InChI is InChI=1S/C24H31N3O4/c28-21-18-3-4-19(6-5-18)22(29)24(21)20(23(30)31)2-1-13-27(24)26-14-9-17(10-15-26)16-7-11-25-12-8-16/h3-6,16-17,20,25H,1-2,7-15H2,(H,30,31). The SMILES string of the molecule is O=C(O)C1CCCN(N2CCC(C3CCNCC3)CC2)C12C(=O)c1ccc(cc1)C2=O. The lowest BCUT2D eigenvalue weighted by Gasteiger charge is -2.53. The van der Waals surface area contributed by atoms with Crippen molar-refractivity contribution < 1.29 is 19.5 Å². The van der Waals surface area contributed by atoms with Gasteiger partial charge in [-0.3, -0.25) is 14.4 Å². The Morgan fingerprint density at radius 3 is 1.97 bits per heavy atom. The molecule has 6 rings (SSSR count). The highest BCUT2D eigenvalue weighted by atomic mass is 16.4. The number of piperidine rings is 3. The molecule has 1 atom stereocenters. The summed E-state index contributed by atoms with van der Waals surface area (Å²) in [6.45, 7) is 4.25. The van der Waals surface area contributed by atoms with Gasteiger partial charge in [-0.15, -0.1) is 0 Å². The molecular formula is C24H31N3O4. The molecule has 3 aliphatic heterocycles. The van der Waals surface area contributed by atoms with Crippen LogP contribution in [0.1, 0.15) is 59.2 Å². The van der Waals surface area contributed by atoms with E-state index in [2.05, 4.69) is 10.3 Å². The minimum atomic E-state index is -1.66. The van der Waals surface area contributed by atoms with E-state index in [-0.39, 0.29) is 11.6 Å². The van der Waals surface area contributed by atoms with Gasteiger partial charge in [0.1, 0.15) is 0 Å². The number of carbonyl (C=O) groups excluding carboxylic acids is 2. The van der Waals surface area contributed by atoms with Crippen molar-refractivity contribution in [3.05, 3.63) is 35.4 Å². The van der Waals surface area contributed by atoms with Crippen molar-refractivity contribution in [3.63, 3.8) is 0 Å². The Kier molecular flexibility index (Phi) is 5.44. The van der Waals surface area contributed by atoms with Gasteiger partial charge in [-0.25, -0.2) is 10.0 Å². The number of carboxylic acids is 1. The van der Waals surface area contributed by atoms with Crippen LogP contribution < -0.4 is 5.32 Å². The van der Waals surface area contributed by atoms with Crippen molar-refractivity contribution in [2.45, 2.75) is 44.1 Å². The first-order chi connectivity index (χ1) is 15.0. The van der Waals surface area contributed by atoms with E-state index in [0.29, 0.717) is 36.4 Å². The van der Waals surface area contributed by atoms with Gasteiger partial charge in [0.25, 0.3) is 0 Å². The predicted molar refractivity (Wildman–Crippen MR) is 115 cm³/mol. The summed E-state index contributed by atoms with van der Waals surface area (Å²) >= 11 is 0. The molecule has 1 unspecified atom stereocenters. The van der Waals surface area contributed by atoms with Gasteiger partial charge in [-0.1, -0.05) is 24.3 Å². The fraction of sp³-hybridized carbons (Fsp3) is 0.625. The van der Waals surface area contributed by atoms with E-state index in [1.165, 1.54) is 12.8 Å². The van der Waals surface area contributed by atoms with Crippen LogP contribution in [0.15, 0.2) is 24.3 Å². The van der Waals surface area contributed by atoms with Crippen LogP contribution in [-0.2, 0) is 4.79 Å². The van der Waals surface area contributed by atoms with Crippen LogP contribution in [0.2, 0.25) is 0 Å². The number of nitrogens with zero attached hydrogens (tertiary/aromatic N) is 2. The van der Waals surface area contributed by atoms with Crippen LogP contribution in [0.3, 0.4) is 0 Å². The number of carboxylic acid groups (broad SMARTS) is 1. The third-order valence-electron chi connectivity index (χ3n) is 8.08. The average molecular weight is 426 g/mol. The quantitative estimate of drug-likeness (QED) is 0.718. The summed E-state index contributed by atoms with van der Waals surface area (Å²) in [6, 6.07) is 6.66. The molecule has 5 aliphatic rings. The maximum absolute atomic E-state index is 13.8. The maximum Gasteiger partial charge on any atom is 0.309 e. The molecule has 0 saturated carbocycles. The number of nitrogens with one attached hydrogen (secondary N) is 1. The van der Waals surface area contributed by atoms with Crippen molar-refractivity contribution in [1.29, 1.82) is 0 Å². The van der Waals surface area contributed by atoms with Crippen LogP contribution in [0.4, 0.5) is 0 Å². The minimum Gasteiger partial charge on any atom is -0.481 e. The minimum absolute atomic E-state index is 0.343. The Morgan fingerprint density at radius 2 is 1.42 bits per heavy atom. The smallest absolute Gasteiger partial charge is 0.309 e. The molecule has 2 aliphatic carbocycles. The summed E-state index contributed by atoms with van der Waals surface area (Å²) in [5.74, 6) is -1.40. The molecule has 7 nitrogen and oxygen atoms in total. The summed E-state index contributed by atoms with van der Waals surface area (Å²) in [6.07, 6.45) is 5.49. The number of carbonyl (C=O) groups is 3. The lowest BCUT2D eigenvalue weighted by molar-refractivity contribution is -0.164. The molecule has 31 heavy (non-hydrogen) atoms. The number of rotatable bonds is 3.